The van der Waals surface area contributed by atoms with Gasteiger partial charge in [0, 0.05) is 36.2 Å². The number of aromatic hydroxyl groups is 1. The maximum atomic E-state index is 15.9. The summed E-state index contributed by atoms with van der Waals surface area (Å²) in [4.78, 5) is 35.5. The Kier molecular flexibility index (Phi) is 6.06. The van der Waals surface area contributed by atoms with Crippen molar-refractivity contribution in [2.45, 2.75) is 32.4 Å². The summed E-state index contributed by atoms with van der Waals surface area (Å²) in [6, 6.07) is 4.19. The Bertz CT molecular complexity index is 1470. The molecule has 2 aliphatic rings. The number of halogens is 3. The van der Waals surface area contributed by atoms with E-state index in [0.29, 0.717) is 35.3 Å². The average Bonchev–Trinajstić information content (AvgIpc) is 2.87. The zero-order valence-corrected chi connectivity index (χ0v) is 21.3. The number of phenols is 1. The van der Waals surface area contributed by atoms with E-state index in [1.165, 1.54) is 29.3 Å². The van der Waals surface area contributed by atoms with Crippen LogP contribution >= 0.6 is 11.6 Å². The highest BCUT2D eigenvalue weighted by Gasteiger charge is 2.45. The minimum atomic E-state index is -0.886. The molecule has 192 valence electrons. The number of anilines is 2. The summed E-state index contributed by atoms with van der Waals surface area (Å²) in [5.41, 5.74) is 0.757. The number of piperazine rings is 1. The van der Waals surface area contributed by atoms with Gasteiger partial charge in [-0.1, -0.05) is 31.2 Å². The van der Waals surface area contributed by atoms with Crippen LogP contribution in [0.3, 0.4) is 0 Å². The molecule has 2 aliphatic heterocycles. The smallest absolute Gasteiger partial charge is 0.251 e. The molecule has 0 unspecified atom stereocenters. The summed E-state index contributed by atoms with van der Waals surface area (Å²) in [6.45, 7) is 8.04. The highest BCUT2D eigenvalue weighted by atomic mass is 35.5. The number of carbonyl (C=O) groups is 2. The Hall–Kier alpha value is -3.72. The van der Waals surface area contributed by atoms with Crippen molar-refractivity contribution in [3.63, 3.8) is 0 Å². The molecule has 3 aromatic rings. The Morgan fingerprint density at radius 1 is 1.27 bits per heavy atom. The number of hydrogen-bond acceptors (Lipinski definition) is 5. The monoisotopic (exact) mass is 526 g/mol. The van der Waals surface area contributed by atoms with E-state index in [9.17, 15) is 19.1 Å². The highest BCUT2D eigenvalue weighted by Crippen LogP contribution is 2.47. The van der Waals surface area contributed by atoms with Crippen LogP contribution in [0.1, 0.15) is 20.3 Å². The number of amides is 2. The third-order valence-electron chi connectivity index (χ3n) is 7.24. The van der Waals surface area contributed by atoms with Crippen LogP contribution in [0, 0.1) is 11.6 Å². The fourth-order valence-electron chi connectivity index (χ4n) is 5.19. The largest absolute Gasteiger partial charge is 0.507 e. The summed E-state index contributed by atoms with van der Waals surface area (Å²) in [7, 11) is 1.60. The predicted octanol–water partition coefficient (Wildman–Crippen LogP) is 4.89. The number of phenolic OH excluding ortho intramolecular Hbond substituents is 1. The first-order valence-electron chi connectivity index (χ1n) is 11.9. The Balaban J connectivity index is 1.69. The lowest BCUT2D eigenvalue weighted by Crippen LogP contribution is -2.65. The molecule has 1 aromatic heterocycles. The van der Waals surface area contributed by atoms with Gasteiger partial charge in [-0.25, -0.2) is 8.78 Å². The first-order valence-corrected chi connectivity index (χ1v) is 12.3. The van der Waals surface area contributed by atoms with E-state index in [1.807, 2.05) is 18.7 Å². The number of likely N-dealkylation sites (N-methyl/N-ethyl adjacent to an activating group) is 1. The predicted molar refractivity (Wildman–Crippen MR) is 139 cm³/mol. The molecule has 0 spiro atoms. The zero-order valence-electron chi connectivity index (χ0n) is 20.6. The van der Waals surface area contributed by atoms with Crippen molar-refractivity contribution in [2.24, 2.45) is 0 Å². The summed E-state index contributed by atoms with van der Waals surface area (Å²) in [5.74, 6) is -2.58. The quantitative estimate of drug-likeness (QED) is 0.492. The van der Waals surface area contributed by atoms with Crippen LogP contribution in [0.25, 0.3) is 22.0 Å². The molecule has 0 bridgehead atoms. The van der Waals surface area contributed by atoms with Crippen molar-refractivity contribution in [1.82, 2.24) is 9.88 Å². The molecule has 10 heteroatoms. The topological polar surface area (TPSA) is 77.0 Å². The van der Waals surface area contributed by atoms with E-state index < -0.39 is 23.4 Å². The lowest BCUT2D eigenvalue weighted by atomic mass is 9.96. The summed E-state index contributed by atoms with van der Waals surface area (Å²) < 4.78 is 30.5. The molecular formula is C27H25ClF2N4O3. The van der Waals surface area contributed by atoms with Crippen molar-refractivity contribution in [1.29, 1.82) is 0 Å². The number of nitrogens with zero attached hydrogens (tertiary/aromatic N) is 4. The minimum Gasteiger partial charge on any atom is -0.507 e. The Morgan fingerprint density at radius 3 is 2.68 bits per heavy atom. The molecule has 5 rings (SSSR count). The molecule has 3 heterocycles. The lowest BCUT2D eigenvalue weighted by Gasteiger charge is -2.50. The van der Waals surface area contributed by atoms with Crippen LogP contribution in [-0.2, 0) is 9.59 Å². The standard InChI is InChI=1S/C27H25ClF2N4O3/c1-5-13(2)26(36)33-12-19-27(37)32(4)18-10-31-24-15(25(18)34(19)11-14(33)3)9-16(28)21(23(24)30)22-17(29)7-6-8-20(22)35/h6-10,14,19,35H,2,5,11-12H2,1,3-4H3/t14-,19-/m1/s1. The van der Waals surface area contributed by atoms with Crippen LogP contribution < -0.4 is 9.80 Å². The minimum absolute atomic E-state index is 0.0761. The summed E-state index contributed by atoms with van der Waals surface area (Å²) >= 11 is 6.51. The average molecular weight is 527 g/mol. The van der Waals surface area contributed by atoms with Gasteiger partial charge < -0.3 is 19.8 Å². The van der Waals surface area contributed by atoms with Crippen molar-refractivity contribution in [3.8, 4) is 16.9 Å². The SMILES string of the molecule is C=C(CC)C(=O)N1C[C@@H]2C(=O)N(C)c3cnc4c(F)c(-c5c(O)cccc5F)c(Cl)cc4c3N2C[C@H]1C. The molecule has 2 amide bonds. The Morgan fingerprint density at radius 2 is 2.00 bits per heavy atom. The molecule has 2 atom stereocenters. The van der Waals surface area contributed by atoms with Crippen molar-refractivity contribution in [2.75, 3.05) is 29.9 Å². The van der Waals surface area contributed by atoms with Gasteiger partial charge >= 0.3 is 0 Å². The normalized spacial score (nSPS) is 19.2. The molecule has 7 nitrogen and oxygen atoms in total. The molecular weight excluding hydrogens is 502 g/mol. The van der Waals surface area contributed by atoms with Crippen molar-refractivity contribution in [3.05, 3.63) is 59.3 Å². The number of rotatable bonds is 3. The number of hydrogen-bond donors (Lipinski definition) is 1. The molecule has 2 aromatic carbocycles. The van der Waals surface area contributed by atoms with Crippen molar-refractivity contribution < 1.29 is 23.5 Å². The number of benzene rings is 2. The maximum absolute atomic E-state index is 15.9. The molecule has 0 radical (unpaired) electrons. The van der Waals surface area contributed by atoms with Crippen LogP contribution in [0.5, 0.6) is 5.75 Å². The molecule has 0 aliphatic carbocycles. The van der Waals surface area contributed by atoms with E-state index in [4.69, 9.17) is 11.6 Å². The van der Waals surface area contributed by atoms with Gasteiger partial charge in [0.25, 0.3) is 5.91 Å². The van der Waals surface area contributed by atoms with Crippen LogP contribution in [0.2, 0.25) is 5.02 Å². The van der Waals surface area contributed by atoms with E-state index in [-0.39, 0.29) is 46.1 Å². The second-order valence-electron chi connectivity index (χ2n) is 9.40. The second-order valence-corrected chi connectivity index (χ2v) is 9.81. The molecule has 37 heavy (non-hydrogen) atoms. The highest BCUT2D eigenvalue weighted by molar-refractivity contribution is 6.34. The van der Waals surface area contributed by atoms with Gasteiger partial charge in [0.2, 0.25) is 5.91 Å². The number of fused-ring (bicyclic) bond motifs is 5. The zero-order chi connectivity index (χ0) is 26.8. The molecule has 0 saturated carbocycles. The lowest BCUT2D eigenvalue weighted by molar-refractivity contribution is -0.131. The van der Waals surface area contributed by atoms with Gasteiger partial charge in [-0.05, 0) is 31.5 Å². The third kappa shape index (κ3) is 3.71. The van der Waals surface area contributed by atoms with E-state index >= 15 is 4.39 Å². The molecule has 1 saturated heterocycles. The maximum Gasteiger partial charge on any atom is 0.251 e. The van der Waals surface area contributed by atoms with Crippen LogP contribution in [-0.4, -0.2) is 59.0 Å². The molecule has 1 N–H and O–H groups in total. The third-order valence-corrected chi connectivity index (χ3v) is 7.54. The summed E-state index contributed by atoms with van der Waals surface area (Å²) in [5, 5.41) is 10.5. The van der Waals surface area contributed by atoms with Gasteiger partial charge in [-0.15, -0.1) is 0 Å². The fraction of sp³-hybridized carbons (Fsp3) is 0.296. The van der Waals surface area contributed by atoms with Crippen molar-refractivity contribution >= 4 is 45.7 Å². The van der Waals surface area contributed by atoms with Gasteiger partial charge in [-0.2, -0.15) is 0 Å². The van der Waals surface area contributed by atoms with Gasteiger partial charge in [-0.3, -0.25) is 14.6 Å². The van der Waals surface area contributed by atoms with Gasteiger partial charge in [0.15, 0.2) is 5.82 Å². The van der Waals surface area contributed by atoms with Gasteiger partial charge in [0.1, 0.15) is 23.1 Å². The van der Waals surface area contributed by atoms with E-state index in [1.54, 1.807) is 11.9 Å². The number of aromatic nitrogens is 1. The molecule has 1 fully saturated rings. The van der Waals surface area contributed by atoms with Crippen LogP contribution in [0.4, 0.5) is 20.2 Å². The number of pyridine rings is 1. The van der Waals surface area contributed by atoms with E-state index in [0.717, 1.165) is 6.07 Å². The second kappa shape index (κ2) is 8.99. The Labute approximate surface area is 217 Å². The first-order chi connectivity index (χ1) is 17.6. The number of carbonyl (C=O) groups excluding carboxylic acids is 2. The van der Waals surface area contributed by atoms with Gasteiger partial charge in [0.05, 0.1) is 34.7 Å². The fourth-order valence-corrected chi connectivity index (χ4v) is 5.48. The summed E-state index contributed by atoms with van der Waals surface area (Å²) in [6.07, 6.45) is 1.90. The van der Waals surface area contributed by atoms with Crippen LogP contribution in [0.15, 0.2) is 42.6 Å². The first kappa shape index (κ1) is 25.0. The van der Waals surface area contributed by atoms with E-state index in [2.05, 4.69) is 11.6 Å².